The fourth-order valence-electron chi connectivity index (χ4n) is 5.93. The fraction of sp³-hybridized carbons (Fsp3) is 0.517. The molecule has 6 nitrogen and oxygen atoms in total. The molecule has 2 heterocycles. The van der Waals surface area contributed by atoms with Gasteiger partial charge in [0.25, 0.3) is 6.01 Å². The van der Waals surface area contributed by atoms with E-state index in [1.54, 1.807) is 6.07 Å². The molecule has 1 aliphatic carbocycles. The molecule has 2 unspecified atom stereocenters. The molecule has 192 valence electrons. The molecular weight excluding hydrogens is 455 g/mol. The second-order valence-electron chi connectivity index (χ2n) is 11.2. The van der Waals surface area contributed by atoms with Gasteiger partial charge in [0, 0.05) is 23.8 Å². The van der Waals surface area contributed by atoms with Gasteiger partial charge in [-0.15, -0.1) is 0 Å². The molecule has 3 aromatic rings. The molecule has 0 radical (unpaired) electrons. The van der Waals surface area contributed by atoms with Gasteiger partial charge in [-0.1, -0.05) is 44.2 Å². The third-order valence-electron chi connectivity index (χ3n) is 7.73. The van der Waals surface area contributed by atoms with Crippen molar-refractivity contribution in [2.24, 2.45) is 5.92 Å². The maximum atomic E-state index is 13.8. The van der Waals surface area contributed by atoms with Crippen LogP contribution in [0.1, 0.15) is 64.9 Å². The third kappa shape index (κ3) is 5.35. The number of oxazole rings is 1. The van der Waals surface area contributed by atoms with Crippen molar-refractivity contribution in [2.75, 3.05) is 16.8 Å². The number of carbonyl (C=O) groups is 1. The van der Waals surface area contributed by atoms with Crippen molar-refractivity contribution >= 4 is 28.7 Å². The quantitative estimate of drug-likeness (QED) is 0.400. The predicted octanol–water partition coefficient (Wildman–Crippen LogP) is 6.06. The number of hydrogen-bond acceptors (Lipinski definition) is 5. The lowest BCUT2D eigenvalue weighted by molar-refractivity contribution is -0.122. The second-order valence-corrected chi connectivity index (χ2v) is 11.2. The topological polar surface area (TPSA) is 70.4 Å². The summed E-state index contributed by atoms with van der Waals surface area (Å²) in [6, 6.07) is 12.5. The largest absolute Gasteiger partial charge is 0.424 e. The van der Waals surface area contributed by atoms with Crippen LogP contribution in [0.25, 0.3) is 11.1 Å². The average molecular weight is 493 g/mol. The van der Waals surface area contributed by atoms with E-state index >= 15 is 0 Å². The summed E-state index contributed by atoms with van der Waals surface area (Å²) < 4.78 is 19.7. The molecule has 5 rings (SSSR count). The number of anilines is 2. The summed E-state index contributed by atoms with van der Waals surface area (Å²) >= 11 is 0. The molecule has 7 heteroatoms. The Hall–Kier alpha value is -3.09. The molecule has 2 atom stereocenters. The Morgan fingerprint density at radius 2 is 1.97 bits per heavy atom. The molecule has 1 aliphatic heterocycles. The maximum Gasteiger partial charge on any atom is 0.296 e. The summed E-state index contributed by atoms with van der Waals surface area (Å²) in [5.41, 5.74) is 3.40. The summed E-state index contributed by atoms with van der Waals surface area (Å²) in [5, 5.41) is 6.55. The molecule has 36 heavy (non-hydrogen) atoms. The average Bonchev–Trinajstić information content (AvgIpc) is 3.35. The van der Waals surface area contributed by atoms with Crippen LogP contribution < -0.4 is 15.5 Å². The van der Waals surface area contributed by atoms with Crippen LogP contribution in [0, 0.1) is 11.7 Å². The number of rotatable bonds is 8. The molecule has 1 saturated carbocycles. The van der Waals surface area contributed by atoms with E-state index in [2.05, 4.69) is 34.4 Å². The summed E-state index contributed by atoms with van der Waals surface area (Å²) in [4.78, 5) is 20.4. The van der Waals surface area contributed by atoms with Crippen molar-refractivity contribution < 1.29 is 13.6 Å². The minimum atomic E-state index is -0.420. The number of aromatic nitrogens is 1. The van der Waals surface area contributed by atoms with E-state index in [-0.39, 0.29) is 23.3 Å². The number of carbonyl (C=O) groups excluding carboxylic acids is 1. The van der Waals surface area contributed by atoms with Gasteiger partial charge in [0.2, 0.25) is 5.91 Å². The maximum absolute atomic E-state index is 13.8. The first-order valence-electron chi connectivity index (χ1n) is 13.3. The molecule has 0 bridgehead atoms. The number of nitrogens with one attached hydrogen (secondary N) is 2. The SMILES string of the molecule is CC(CN1c2ccc(F)cc2CC1(C)C)NC(=O)C(CC1CCCCC1)Nc1nc2ccccc2o1. The van der Waals surface area contributed by atoms with Gasteiger partial charge in [0.1, 0.15) is 17.4 Å². The van der Waals surface area contributed by atoms with Gasteiger partial charge < -0.3 is 20.0 Å². The Balaban J connectivity index is 1.29. The minimum absolute atomic E-state index is 0.0355. The highest BCUT2D eigenvalue weighted by molar-refractivity contribution is 5.85. The highest BCUT2D eigenvalue weighted by Gasteiger charge is 2.37. The molecule has 2 aliphatic rings. The summed E-state index contributed by atoms with van der Waals surface area (Å²) in [5.74, 6) is 0.274. The highest BCUT2D eigenvalue weighted by Crippen LogP contribution is 2.39. The van der Waals surface area contributed by atoms with Gasteiger partial charge in [-0.05, 0) is 75.4 Å². The van der Waals surface area contributed by atoms with Gasteiger partial charge in [0.15, 0.2) is 5.58 Å². The van der Waals surface area contributed by atoms with Crippen molar-refractivity contribution in [3.63, 3.8) is 0 Å². The fourth-order valence-corrected chi connectivity index (χ4v) is 5.93. The summed E-state index contributed by atoms with van der Waals surface area (Å²) in [7, 11) is 0. The lowest BCUT2D eigenvalue weighted by atomic mass is 9.84. The standard InChI is InChI=1S/C29H37FN4O2/c1-19(18-34-25-14-13-22(30)16-21(25)17-29(34,2)3)31-27(35)24(15-20-9-5-4-6-10-20)33-28-32-23-11-7-8-12-26(23)36-28/h7-8,11-14,16,19-20,24H,4-6,9-10,15,17-18H2,1-3H3,(H,31,35)(H,32,33). The van der Waals surface area contributed by atoms with Crippen molar-refractivity contribution in [3.8, 4) is 0 Å². The molecule has 2 N–H and O–H groups in total. The lowest BCUT2D eigenvalue weighted by Gasteiger charge is -2.36. The van der Waals surface area contributed by atoms with E-state index in [1.807, 2.05) is 37.3 Å². The number of fused-ring (bicyclic) bond motifs is 2. The number of amides is 1. The number of benzene rings is 2. The van der Waals surface area contributed by atoms with Crippen molar-refractivity contribution in [2.45, 2.75) is 83.3 Å². The van der Waals surface area contributed by atoms with E-state index in [0.29, 0.717) is 24.1 Å². The van der Waals surface area contributed by atoms with E-state index in [0.717, 1.165) is 42.5 Å². The van der Waals surface area contributed by atoms with Gasteiger partial charge in [-0.3, -0.25) is 4.79 Å². The van der Waals surface area contributed by atoms with Crippen molar-refractivity contribution in [1.82, 2.24) is 10.3 Å². The summed E-state index contributed by atoms with van der Waals surface area (Å²) in [6.45, 7) is 7.02. The highest BCUT2D eigenvalue weighted by atomic mass is 19.1. The Morgan fingerprint density at radius 3 is 2.75 bits per heavy atom. The Bertz CT molecular complexity index is 1180. The van der Waals surface area contributed by atoms with Crippen molar-refractivity contribution in [1.29, 1.82) is 0 Å². The third-order valence-corrected chi connectivity index (χ3v) is 7.73. The first-order chi connectivity index (χ1) is 17.3. The van der Waals surface area contributed by atoms with Gasteiger partial charge in [0.05, 0.1) is 0 Å². The Morgan fingerprint density at radius 1 is 1.19 bits per heavy atom. The van der Waals surface area contributed by atoms with E-state index in [1.165, 1.54) is 25.3 Å². The Labute approximate surface area is 212 Å². The molecule has 0 spiro atoms. The molecule has 1 amide bonds. The van der Waals surface area contributed by atoms with Crippen LogP contribution in [0.4, 0.5) is 16.1 Å². The molecule has 0 saturated heterocycles. The second kappa shape index (κ2) is 10.1. The zero-order chi connectivity index (χ0) is 25.3. The Kier molecular flexibility index (Phi) is 6.91. The van der Waals surface area contributed by atoms with Crippen LogP contribution in [0.5, 0.6) is 0 Å². The van der Waals surface area contributed by atoms with Crippen LogP contribution in [0.15, 0.2) is 46.9 Å². The number of halogens is 1. The lowest BCUT2D eigenvalue weighted by Crippen LogP contribution is -2.52. The zero-order valence-electron chi connectivity index (χ0n) is 21.5. The van der Waals surface area contributed by atoms with E-state index in [9.17, 15) is 9.18 Å². The monoisotopic (exact) mass is 492 g/mol. The van der Waals surface area contributed by atoms with Crippen LogP contribution >= 0.6 is 0 Å². The molecule has 2 aromatic carbocycles. The predicted molar refractivity (Wildman–Crippen MR) is 142 cm³/mol. The van der Waals surface area contributed by atoms with E-state index < -0.39 is 6.04 Å². The molecule has 1 fully saturated rings. The first kappa shape index (κ1) is 24.6. The van der Waals surface area contributed by atoms with Crippen LogP contribution in [-0.4, -0.2) is 35.1 Å². The van der Waals surface area contributed by atoms with E-state index in [4.69, 9.17) is 4.42 Å². The van der Waals surface area contributed by atoms with Crippen molar-refractivity contribution in [3.05, 3.63) is 53.8 Å². The zero-order valence-corrected chi connectivity index (χ0v) is 21.5. The number of para-hydroxylation sites is 2. The van der Waals surface area contributed by atoms with Crippen LogP contribution in [0.2, 0.25) is 0 Å². The smallest absolute Gasteiger partial charge is 0.296 e. The van der Waals surface area contributed by atoms with Crippen LogP contribution in [-0.2, 0) is 11.2 Å². The van der Waals surface area contributed by atoms with Gasteiger partial charge in [-0.2, -0.15) is 4.98 Å². The van der Waals surface area contributed by atoms with Gasteiger partial charge in [-0.25, -0.2) is 4.39 Å². The minimum Gasteiger partial charge on any atom is -0.424 e. The van der Waals surface area contributed by atoms with Gasteiger partial charge >= 0.3 is 0 Å². The normalized spacial score (nSPS) is 19.2. The number of hydrogen-bond donors (Lipinski definition) is 2. The molecular formula is C29H37FN4O2. The summed E-state index contributed by atoms with van der Waals surface area (Å²) in [6.07, 6.45) is 7.58. The van der Waals surface area contributed by atoms with Crippen LogP contribution in [0.3, 0.4) is 0 Å². The number of nitrogens with zero attached hydrogens (tertiary/aromatic N) is 2. The first-order valence-corrected chi connectivity index (χ1v) is 13.3. The molecule has 1 aromatic heterocycles.